The van der Waals surface area contributed by atoms with Crippen LogP contribution in [0.15, 0.2) is 34.9 Å². The van der Waals surface area contributed by atoms with Gasteiger partial charge in [0.05, 0.1) is 12.7 Å². The Kier molecular flexibility index (Phi) is 3.71. The molecule has 0 bridgehead atoms. The second kappa shape index (κ2) is 5.47. The van der Waals surface area contributed by atoms with E-state index < -0.39 is 0 Å². The molecule has 0 spiro atoms. The molecule has 0 saturated heterocycles. The first-order chi connectivity index (χ1) is 9.28. The van der Waals surface area contributed by atoms with Gasteiger partial charge < -0.3 is 5.32 Å². The molecule has 1 heterocycles. The highest BCUT2D eigenvalue weighted by molar-refractivity contribution is 9.10. The van der Waals surface area contributed by atoms with E-state index in [1.807, 2.05) is 13.2 Å². The number of nitrogens with zero attached hydrogens (tertiary/aromatic N) is 2. The van der Waals surface area contributed by atoms with Gasteiger partial charge in [-0.3, -0.25) is 4.68 Å². The summed E-state index contributed by atoms with van der Waals surface area (Å²) < 4.78 is 3.27. The second-order valence-corrected chi connectivity index (χ2v) is 5.98. The Bertz CT molecular complexity index is 559. The molecule has 3 nitrogen and oxygen atoms in total. The Labute approximate surface area is 122 Å². The van der Waals surface area contributed by atoms with Crippen molar-refractivity contribution in [2.24, 2.45) is 0 Å². The largest absolute Gasteiger partial charge is 0.313 e. The third-order valence-electron chi connectivity index (χ3n) is 3.86. The van der Waals surface area contributed by atoms with Crippen LogP contribution in [-0.2, 0) is 13.0 Å². The number of rotatable bonds is 3. The lowest BCUT2D eigenvalue weighted by molar-refractivity contribution is 0.481. The van der Waals surface area contributed by atoms with Crippen LogP contribution in [0.2, 0.25) is 0 Å². The molecule has 19 heavy (non-hydrogen) atoms. The minimum atomic E-state index is 0.474. The van der Waals surface area contributed by atoms with Gasteiger partial charge in [0, 0.05) is 21.8 Å². The van der Waals surface area contributed by atoms with Crippen LogP contribution in [0.1, 0.15) is 35.7 Å². The van der Waals surface area contributed by atoms with Gasteiger partial charge in [-0.25, -0.2) is 0 Å². The third kappa shape index (κ3) is 2.60. The van der Waals surface area contributed by atoms with Gasteiger partial charge in [0.25, 0.3) is 0 Å². The van der Waals surface area contributed by atoms with E-state index in [1.54, 1.807) is 0 Å². The third-order valence-corrected chi connectivity index (χ3v) is 4.39. The van der Waals surface area contributed by atoms with Gasteiger partial charge in [-0.05, 0) is 44.0 Å². The van der Waals surface area contributed by atoms with Gasteiger partial charge in [0.2, 0.25) is 0 Å². The van der Waals surface area contributed by atoms with Crippen molar-refractivity contribution in [3.05, 3.63) is 51.8 Å². The molecule has 1 aliphatic rings. The summed E-state index contributed by atoms with van der Waals surface area (Å²) >= 11 is 3.47. The molecular formula is C15H18BrN3. The standard InChI is InChI=1S/C15H18BrN3/c1-17-14-3-2-4-15-13(14)9-18-19(15)10-11-5-7-12(16)8-6-11/h5-9,14,17H,2-4,10H2,1H3. The molecular weight excluding hydrogens is 302 g/mol. The van der Waals surface area contributed by atoms with Crippen LogP contribution < -0.4 is 5.32 Å². The molecule has 1 aromatic carbocycles. The van der Waals surface area contributed by atoms with Gasteiger partial charge in [0.15, 0.2) is 0 Å². The monoisotopic (exact) mass is 319 g/mol. The summed E-state index contributed by atoms with van der Waals surface area (Å²) in [6.45, 7) is 0.860. The lowest BCUT2D eigenvalue weighted by Crippen LogP contribution is -2.22. The van der Waals surface area contributed by atoms with E-state index in [-0.39, 0.29) is 0 Å². The normalized spacial score (nSPS) is 18.3. The average Bonchev–Trinajstić information content (AvgIpc) is 2.84. The Morgan fingerprint density at radius 3 is 2.89 bits per heavy atom. The number of nitrogens with one attached hydrogen (secondary N) is 1. The summed E-state index contributed by atoms with van der Waals surface area (Å²) in [6, 6.07) is 8.94. The van der Waals surface area contributed by atoms with Crippen LogP contribution in [0.5, 0.6) is 0 Å². The number of hydrogen-bond donors (Lipinski definition) is 1. The molecule has 3 rings (SSSR count). The average molecular weight is 320 g/mol. The smallest absolute Gasteiger partial charge is 0.0662 e. The summed E-state index contributed by atoms with van der Waals surface area (Å²) in [5, 5.41) is 7.96. The molecule has 1 aromatic heterocycles. The molecule has 4 heteroatoms. The van der Waals surface area contributed by atoms with E-state index in [0.717, 1.165) is 17.4 Å². The topological polar surface area (TPSA) is 29.9 Å². The maximum Gasteiger partial charge on any atom is 0.0662 e. The first kappa shape index (κ1) is 12.9. The highest BCUT2D eigenvalue weighted by Gasteiger charge is 2.22. The Hall–Kier alpha value is -1.13. The number of hydrogen-bond acceptors (Lipinski definition) is 2. The highest BCUT2D eigenvalue weighted by atomic mass is 79.9. The predicted molar refractivity (Wildman–Crippen MR) is 80.2 cm³/mol. The van der Waals surface area contributed by atoms with Crippen LogP contribution in [0.3, 0.4) is 0 Å². The maximum atomic E-state index is 4.58. The molecule has 2 aromatic rings. The van der Waals surface area contributed by atoms with Crippen molar-refractivity contribution in [2.75, 3.05) is 7.05 Å². The van der Waals surface area contributed by atoms with Crippen molar-refractivity contribution in [1.82, 2.24) is 15.1 Å². The Morgan fingerprint density at radius 1 is 1.37 bits per heavy atom. The van der Waals surface area contributed by atoms with Gasteiger partial charge in [-0.15, -0.1) is 0 Å². The van der Waals surface area contributed by atoms with E-state index in [4.69, 9.17) is 0 Å². The van der Waals surface area contributed by atoms with E-state index in [1.165, 1.54) is 29.7 Å². The number of halogens is 1. The molecule has 1 unspecified atom stereocenters. The summed E-state index contributed by atoms with van der Waals surface area (Å²) in [4.78, 5) is 0. The van der Waals surface area contributed by atoms with Crippen LogP contribution >= 0.6 is 15.9 Å². The second-order valence-electron chi connectivity index (χ2n) is 5.06. The summed E-state index contributed by atoms with van der Waals surface area (Å²) in [6.07, 6.45) is 5.64. The van der Waals surface area contributed by atoms with Crippen molar-refractivity contribution < 1.29 is 0 Å². The van der Waals surface area contributed by atoms with Gasteiger partial charge in [0.1, 0.15) is 0 Å². The zero-order valence-electron chi connectivity index (χ0n) is 11.1. The highest BCUT2D eigenvalue weighted by Crippen LogP contribution is 2.29. The van der Waals surface area contributed by atoms with Crippen molar-refractivity contribution >= 4 is 15.9 Å². The molecule has 0 amide bonds. The summed E-state index contributed by atoms with van der Waals surface area (Å²) in [7, 11) is 2.03. The van der Waals surface area contributed by atoms with Gasteiger partial charge >= 0.3 is 0 Å². The fourth-order valence-electron chi connectivity index (χ4n) is 2.82. The minimum Gasteiger partial charge on any atom is -0.313 e. The fraction of sp³-hybridized carbons (Fsp3) is 0.400. The van der Waals surface area contributed by atoms with Gasteiger partial charge in [-0.2, -0.15) is 5.10 Å². The summed E-state index contributed by atoms with van der Waals surface area (Å²) in [5.41, 5.74) is 4.07. The molecule has 0 fully saturated rings. The number of fused-ring (bicyclic) bond motifs is 1. The zero-order valence-corrected chi connectivity index (χ0v) is 12.7. The fourth-order valence-corrected chi connectivity index (χ4v) is 3.08. The Morgan fingerprint density at radius 2 is 2.16 bits per heavy atom. The van der Waals surface area contributed by atoms with E-state index >= 15 is 0 Å². The van der Waals surface area contributed by atoms with Crippen LogP contribution in [-0.4, -0.2) is 16.8 Å². The Balaban J connectivity index is 1.86. The van der Waals surface area contributed by atoms with E-state index in [2.05, 4.69) is 55.3 Å². The SMILES string of the molecule is CNC1CCCc2c1cnn2Cc1ccc(Br)cc1. The van der Waals surface area contributed by atoms with Gasteiger partial charge in [-0.1, -0.05) is 28.1 Å². The molecule has 0 radical (unpaired) electrons. The number of benzene rings is 1. The molecule has 0 aliphatic heterocycles. The van der Waals surface area contributed by atoms with Crippen LogP contribution in [0.25, 0.3) is 0 Å². The predicted octanol–water partition coefficient (Wildman–Crippen LogP) is 3.29. The molecule has 1 atom stereocenters. The lowest BCUT2D eigenvalue weighted by atomic mass is 9.93. The molecule has 1 aliphatic carbocycles. The molecule has 1 N–H and O–H groups in total. The van der Waals surface area contributed by atoms with E-state index in [0.29, 0.717) is 6.04 Å². The zero-order chi connectivity index (χ0) is 13.2. The minimum absolute atomic E-state index is 0.474. The van der Waals surface area contributed by atoms with Crippen molar-refractivity contribution in [1.29, 1.82) is 0 Å². The van der Waals surface area contributed by atoms with Crippen LogP contribution in [0, 0.1) is 0 Å². The quantitative estimate of drug-likeness (QED) is 0.940. The van der Waals surface area contributed by atoms with Crippen LogP contribution in [0.4, 0.5) is 0 Å². The molecule has 0 saturated carbocycles. The van der Waals surface area contributed by atoms with E-state index in [9.17, 15) is 0 Å². The maximum absolute atomic E-state index is 4.58. The van der Waals surface area contributed by atoms with Crippen molar-refractivity contribution in [3.8, 4) is 0 Å². The summed E-state index contributed by atoms with van der Waals surface area (Å²) in [5.74, 6) is 0. The first-order valence-corrected chi connectivity index (χ1v) is 7.53. The molecule has 100 valence electrons. The lowest BCUT2D eigenvalue weighted by Gasteiger charge is -2.22. The number of aromatic nitrogens is 2. The first-order valence-electron chi connectivity index (χ1n) is 6.74. The van der Waals surface area contributed by atoms with Crippen molar-refractivity contribution in [3.63, 3.8) is 0 Å². The van der Waals surface area contributed by atoms with Crippen molar-refractivity contribution in [2.45, 2.75) is 31.8 Å².